The summed E-state index contributed by atoms with van der Waals surface area (Å²) in [7, 11) is 1.58. The van der Waals surface area contributed by atoms with Crippen LogP contribution in [0.1, 0.15) is 50.3 Å². The van der Waals surface area contributed by atoms with Crippen molar-refractivity contribution in [3.8, 4) is 5.75 Å². The molecule has 0 saturated carbocycles. The van der Waals surface area contributed by atoms with Crippen molar-refractivity contribution in [2.75, 3.05) is 13.7 Å². The molecule has 1 atom stereocenters. The van der Waals surface area contributed by atoms with Crippen LogP contribution in [-0.2, 0) is 0 Å². The lowest BCUT2D eigenvalue weighted by Gasteiger charge is -2.23. The maximum absolute atomic E-state index is 12.9. The predicted molar refractivity (Wildman–Crippen MR) is 89.8 cm³/mol. The van der Waals surface area contributed by atoms with Crippen LogP contribution in [0.3, 0.4) is 0 Å². The number of likely N-dealkylation sites (tertiary alicyclic amines) is 1. The Morgan fingerprint density at radius 3 is 2.88 bits per heavy atom. The van der Waals surface area contributed by atoms with Gasteiger partial charge in [0, 0.05) is 17.5 Å². The standard InChI is InChI=1S/C17H18N2O4S/c1-10-5-6-11(8-14(10)23-2)16(20)19-7-3-4-13(19)15-18-12(9-24-15)17(21)22/h5-6,8-9,13H,3-4,7H2,1-2H3,(H,21,22)/t13-/m1/s1. The highest BCUT2D eigenvalue weighted by Crippen LogP contribution is 2.35. The van der Waals surface area contributed by atoms with Gasteiger partial charge in [-0.2, -0.15) is 0 Å². The summed E-state index contributed by atoms with van der Waals surface area (Å²) in [5.74, 6) is -0.446. The number of hydrogen-bond donors (Lipinski definition) is 1. The second-order valence-electron chi connectivity index (χ2n) is 5.72. The smallest absolute Gasteiger partial charge is 0.355 e. The molecule has 1 aliphatic heterocycles. The fraction of sp³-hybridized carbons (Fsp3) is 0.353. The number of aryl methyl sites for hydroxylation is 1. The van der Waals surface area contributed by atoms with Crippen LogP contribution >= 0.6 is 11.3 Å². The summed E-state index contributed by atoms with van der Waals surface area (Å²) in [6, 6.07) is 5.24. The molecule has 1 aromatic carbocycles. The van der Waals surface area contributed by atoms with Crippen molar-refractivity contribution in [1.82, 2.24) is 9.88 Å². The molecule has 1 fully saturated rings. The van der Waals surface area contributed by atoms with Gasteiger partial charge in [0.1, 0.15) is 10.8 Å². The van der Waals surface area contributed by atoms with Gasteiger partial charge < -0.3 is 14.7 Å². The maximum Gasteiger partial charge on any atom is 0.355 e. The predicted octanol–water partition coefficient (Wildman–Crippen LogP) is 3.14. The SMILES string of the molecule is COc1cc(C(=O)N2CCC[C@@H]2c2nc(C(=O)O)cs2)ccc1C. The van der Waals surface area contributed by atoms with Crippen molar-refractivity contribution < 1.29 is 19.4 Å². The van der Waals surface area contributed by atoms with Crippen LogP contribution in [0, 0.1) is 6.92 Å². The second-order valence-corrected chi connectivity index (χ2v) is 6.61. The molecule has 0 unspecified atom stereocenters. The van der Waals surface area contributed by atoms with E-state index in [1.165, 1.54) is 16.7 Å². The molecule has 1 aromatic heterocycles. The highest BCUT2D eigenvalue weighted by atomic mass is 32.1. The number of aromatic carboxylic acids is 1. The third-order valence-corrected chi connectivity index (χ3v) is 5.14. The Labute approximate surface area is 143 Å². The molecule has 1 saturated heterocycles. The molecule has 0 radical (unpaired) electrons. The molecule has 1 amide bonds. The van der Waals surface area contributed by atoms with Crippen LogP contribution in [0.25, 0.3) is 0 Å². The molecular formula is C17H18N2O4S. The summed E-state index contributed by atoms with van der Waals surface area (Å²) >= 11 is 1.29. The van der Waals surface area contributed by atoms with Gasteiger partial charge in [-0.15, -0.1) is 11.3 Å². The monoisotopic (exact) mass is 346 g/mol. The van der Waals surface area contributed by atoms with E-state index < -0.39 is 5.97 Å². The number of hydrogen-bond acceptors (Lipinski definition) is 5. The summed E-state index contributed by atoms with van der Waals surface area (Å²) < 4.78 is 5.29. The lowest BCUT2D eigenvalue weighted by atomic mass is 10.1. The fourth-order valence-electron chi connectivity index (χ4n) is 2.92. The van der Waals surface area contributed by atoms with Gasteiger partial charge in [-0.25, -0.2) is 9.78 Å². The molecule has 2 heterocycles. The molecule has 0 aliphatic carbocycles. The van der Waals surface area contributed by atoms with Gasteiger partial charge in [0.2, 0.25) is 0 Å². The largest absolute Gasteiger partial charge is 0.496 e. The zero-order chi connectivity index (χ0) is 17.3. The van der Waals surface area contributed by atoms with Crippen molar-refractivity contribution >= 4 is 23.2 Å². The Hall–Kier alpha value is -2.41. The van der Waals surface area contributed by atoms with Crippen LogP contribution in [-0.4, -0.2) is 40.5 Å². The van der Waals surface area contributed by atoms with Crippen molar-refractivity contribution in [1.29, 1.82) is 0 Å². The third kappa shape index (κ3) is 2.99. The lowest BCUT2D eigenvalue weighted by molar-refractivity contribution is 0.0691. The second kappa shape index (κ2) is 6.60. The first-order chi connectivity index (χ1) is 11.5. The van der Waals surface area contributed by atoms with E-state index in [1.54, 1.807) is 24.1 Å². The minimum absolute atomic E-state index is 0.0336. The van der Waals surface area contributed by atoms with Crippen molar-refractivity contribution in [2.24, 2.45) is 0 Å². The van der Waals surface area contributed by atoms with Gasteiger partial charge in [-0.3, -0.25) is 4.79 Å². The van der Waals surface area contributed by atoms with Gasteiger partial charge >= 0.3 is 5.97 Å². The van der Waals surface area contributed by atoms with E-state index >= 15 is 0 Å². The molecule has 24 heavy (non-hydrogen) atoms. The minimum Gasteiger partial charge on any atom is -0.496 e. The zero-order valence-electron chi connectivity index (χ0n) is 13.5. The summed E-state index contributed by atoms with van der Waals surface area (Å²) in [4.78, 5) is 29.8. The molecular weight excluding hydrogens is 328 g/mol. The molecule has 7 heteroatoms. The molecule has 0 bridgehead atoms. The number of thiazole rings is 1. The highest BCUT2D eigenvalue weighted by Gasteiger charge is 2.33. The number of nitrogens with zero attached hydrogens (tertiary/aromatic N) is 2. The fourth-order valence-corrected chi connectivity index (χ4v) is 3.86. The molecule has 6 nitrogen and oxygen atoms in total. The molecule has 1 N–H and O–H groups in total. The average molecular weight is 346 g/mol. The quantitative estimate of drug-likeness (QED) is 0.920. The van der Waals surface area contributed by atoms with E-state index in [0.717, 1.165) is 18.4 Å². The van der Waals surface area contributed by atoms with Crippen LogP contribution < -0.4 is 4.74 Å². The third-order valence-electron chi connectivity index (χ3n) is 4.19. The van der Waals surface area contributed by atoms with Crippen LogP contribution in [0.4, 0.5) is 0 Å². The van der Waals surface area contributed by atoms with Gasteiger partial charge in [0.25, 0.3) is 5.91 Å². The van der Waals surface area contributed by atoms with Crippen molar-refractivity contribution in [3.63, 3.8) is 0 Å². The van der Waals surface area contributed by atoms with E-state index in [0.29, 0.717) is 22.9 Å². The van der Waals surface area contributed by atoms with Gasteiger partial charge in [0.15, 0.2) is 5.69 Å². The molecule has 0 spiro atoms. The average Bonchev–Trinajstić information content (AvgIpc) is 3.23. The number of carboxylic acid groups (broad SMARTS) is 1. The highest BCUT2D eigenvalue weighted by molar-refractivity contribution is 7.09. The number of amides is 1. The van der Waals surface area contributed by atoms with Crippen LogP contribution in [0.15, 0.2) is 23.6 Å². The molecule has 126 valence electrons. The van der Waals surface area contributed by atoms with E-state index in [1.807, 2.05) is 13.0 Å². The number of ether oxygens (including phenoxy) is 1. The Morgan fingerprint density at radius 1 is 1.42 bits per heavy atom. The minimum atomic E-state index is -1.04. The number of rotatable bonds is 4. The molecule has 1 aliphatic rings. The Kier molecular flexibility index (Phi) is 4.53. The van der Waals surface area contributed by atoms with Gasteiger partial charge in [-0.05, 0) is 37.5 Å². The number of aromatic nitrogens is 1. The van der Waals surface area contributed by atoms with Crippen molar-refractivity contribution in [3.05, 3.63) is 45.4 Å². The number of carboxylic acids is 1. The number of carbonyl (C=O) groups excluding carboxylic acids is 1. The first-order valence-corrected chi connectivity index (χ1v) is 8.53. The zero-order valence-corrected chi connectivity index (χ0v) is 14.3. The van der Waals surface area contributed by atoms with Crippen LogP contribution in [0.5, 0.6) is 5.75 Å². The van der Waals surface area contributed by atoms with E-state index in [2.05, 4.69) is 4.98 Å². The van der Waals surface area contributed by atoms with E-state index in [4.69, 9.17) is 9.84 Å². The molecule has 3 rings (SSSR count). The van der Waals surface area contributed by atoms with Crippen LogP contribution in [0.2, 0.25) is 0 Å². The number of benzene rings is 1. The first-order valence-electron chi connectivity index (χ1n) is 7.65. The summed E-state index contributed by atoms with van der Waals surface area (Å²) in [5.41, 5.74) is 1.57. The lowest BCUT2D eigenvalue weighted by Crippen LogP contribution is -2.30. The number of methoxy groups -OCH3 is 1. The molecule has 2 aromatic rings. The van der Waals surface area contributed by atoms with E-state index in [9.17, 15) is 9.59 Å². The summed E-state index contributed by atoms with van der Waals surface area (Å²) in [6.45, 7) is 2.57. The normalized spacial score (nSPS) is 17.1. The summed E-state index contributed by atoms with van der Waals surface area (Å²) in [6.07, 6.45) is 1.67. The maximum atomic E-state index is 12.9. The summed E-state index contributed by atoms with van der Waals surface area (Å²) in [5, 5.41) is 11.2. The van der Waals surface area contributed by atoms with Gasteiger partial charge in [-0.1, -0.05) is 6.07 Å². The van der Waals surface area contributed by atoms with Gasteiger partial charge in [0.05, 0.1) is 13.2 Å². The van der Waals surface area contributed by atoms with Crippen molar-refractivity contribution in [2.45, 2.75) is 25.8 Å². The number of carbonyl (C=O) groups is 2. The Bertz CT molecular complexity index is 787. The topological polar surface area (TPSA) is 79.7 Å². The Balaban J connectivity index is 1.86. The Morgan fingerprint density at radius 2 is 2.21 bits per heavy atom. The first kappa shape index (κ1) is 16.4. The van der Waals surface area contributed by atoms with E-state index in [-0.39, 0.29) is 17.6 Å².